The largest absolute Gasteiger partial charge is 0.385 e. The van der Waals surface area contributed by atoms with Crippen LogP contribution in [0.15, 0.2) is 48.5 Å². The van der Waals surface area contributed by atoms with E-state index in [1.807, 2.05) is 47.4 Å². The summed E-state index contributed by atoms with van der Waals surface area (Å²) in [4.78, 5) is 27.1. The van der Waals surface area contributed by atoms with Crippen molar-refractivity contribution in [3.8, 4) is 0 Å². The molecule has 2 aromatic carbocycles. The van der Waals surface area contributed by atoms with Crippen LogP contribution in [0.3, 0.4) is 0 Å². The molecule has 1 fully saturated rings. The van der Waals surface area contributed by atoms with Crippen LogP contribution in [0.2, 0.25) is 0 Å². The molecule has 3 amide bonds. The van der Waals surface area contributed by atoms with E-state index in [0.29, 0.717) is 25.3 Å². The molecular weight excluding hydrogens is 390 g/mol. The Bertz CT molecular complexity index is 867. The van der Waals surface area contributed by atoms with Crippen molar-refractivity contribution < 1.29 is 14.3 Å². The predicted molar refractivity (Wildman–Crippen MR) is 124 cm³/mol. The second-order valence-corrected chi connectivity index (χ2v) is 7.99. The molecule has 6 heteroatoms. The Morgan fingerprint density at radius 2 is 1.97 bits per heavy atom. The first-order chi connectivity index (χ1) is 15.1. The number of carbonyl (C=O) groups excluding carboxylic acids is 2. The third kappa shape index (κ3) is 6.56. The third-order valence-electron chi connectivity index (χ3n) is 5.75. The van der Waals surface area contributed by atoms with E-state index >= 15 is 0 Å². The Morgan fingerprint density at radius 3 is 2.71 bits per heavy atom. The summed E-state index contributed by atoms with van der Waals surface area (Å²) < 4.78 is 5.02. The van der Waals surface area contributed by atoms with Crippen LogP contribution >= 0.6 is 0 Å². The van der Waals surface area contributed by atoms with Gasteiger partial charge >= 0.3 is 6.03 Å². The number of piperidine rings is 1. The maximum absolute atomic E-state index is 12.8. The molecule has 3 rings (SSSR count). The van der Waals surface area contributed by atoms with Gasteiger partial charge in [-0.2, -0.15) is 0 Å². The lowest BCUT2D eigenvalue weighted by molar-refractivity contribution is 0.0948. The highest BCUT2D eigenvalue weighted by Gasteiger charge is 2.25. The topological polar surface area (TPSA) is 70.7 Å². The third-order valence-corrected chi connectivity index (χ3v) is 5.75. The lowest BCUT2D eigenvalue weighted by Gasteiger charge is -2.33. The second-order valence-electron chi connectivity index (χ2n) is 7.99. The van der Waals surface area contributed by atoms with E-state index in [9.17, 15) is 9.59 Å². The first kappa shape index (κ1) is 22.8. The Kier molecular flexibility index (Phi) is 8.47. The molecule has 0 radical (unpaired) electrons. The summed E-state index contributed by atoms with van der Waals surface area (Å²) in [7, 11) is 1.65. The SMILES string of the molecule is CCc1ccc(NC(=O)N2CCC[C@H](c3cccc(C(=O)NCCCOC)c3)C2)cc1. The number of likely N-dealkylation sites (tertiary alicyclic amines) is 1. The monoisotopic (exact) mass is 423 g/mol. The van der Waals surface area contributed by atoms with Gasteiger partial charge in [0.15, 0.2) is 0 Å². The maximum Gasteiger partial charge on any atom is 0.321 e. The summed E-state index contributed by atoms with van der Waals surface area (Å²) in [6.07, 6.45) is 3.72. The molecule has 0 saturated carbocycles. The van der Waals surface area contributed by atoms with E-state index in [4.69, 9.17) is 4.74 Å². The van der Waals surface area contributed by atoms with Gasteiger partial charge in [0.25, 0.3) is 5.91 Å². The Hall–Kier alpha value is -2.86. The number of carbonyl (C=O) groups is 2. The van der Waals surface area contributed by atoms with Crippen molar-refractivity contribution in [2.75, 3.05) is 38.7 Å². The molecule has 1 saturated heterocycles. The van der Waals surface area contributed by atoms with Gasteiger partial charge in [0.05, 0.1) is 0 Å². The molecule has 2 N–H and O–H groups in total. The normalized spacial score (nSPS) is 16.1. The summed E-state index contributed by atoms with van der Waals surface area (Å²) in [6, 6.07) is 15.7. The zero-order valence-electron chi connectivity index (χ0n) is 18.5. The maximum atomic E-state index is 12.8. The molecule has 166 valence electrons. The molecule has 1 atom stereocenters. The lowest BCUT2D eigenvalue weighted by Crippen LogP contribution is -2.41. The van der Waals surface area contributed by atoms with Gasteiger partial charge in [-0.15, -0.1) is 0 Å². The van der Waals surface area contributed by atoms with Crippen LogP contribution < -0.4 is 10.6 Å². The minimum atomic E-state index is -0.0705. The fourth-order valence-electron chi connectivity index (χ4n) is 3.91. The number of hydrogen-bond acceptors (Lipinski definition) is 3. The highest BCUT2D eigenvalue weighted by atomic mass is 16.5. The number of benzene rings is 2. The van der Waals surface area contributed by atoms with Gasteiger partial charge < -0.3 is 20.3 Å². The van der Waals surface area contributed by atoms with Gasteiger partial charge in [-0.05, 0) is 61.1 Å². The van der Waals surface area contributed by atoms with Crippen molar-refractivity contribution in [1.29, 1.82) is 0 Å². The first-order valence-corrected chi connectivity index (χ1v) is 11.1. The minimum Gasteiger partial charge on any atom is -0.385 e. The molecule has 1 aliphatic rings. The van der Waals surface area contributed by atoms with Crippen molar-refractivity contribution in [2.45, 2.75) is 38.5 Å². The van der Waals surface area contributed by atoms with Gasteiger partial charge in [0.1, 0.15) is 0 Å². The molecule has 1 heterocycles. The fourth-order valence-corrected chi connectivity index (χ4v) is 3.91. The Labute approximate surface area is 185 Å². The fraction of sp³-hybridized carbons (Fsp3) is 0.440. The van der Waals surface area contributed by atoms with Crippen molar-refractivity contribution in [1.82, 2.24) is 10.2 Å². The smallest absolute Gasteiger partial charge is 0.321 e. The molecule has 0 unspecified atom stereocenters. The van der Waals surface area contributed by atoms with Crippen LogP contribution in [0, 0.1) is 0 Å². The van der Waals surface area contributed by atoms with Crippen LogP contribution in [0.4, 0.5) is 10.5 Å². The number of nitrogens with one attached hydrogen (secondary N) is 2. The lowest BCUT2D eigenvalue weighted by atomic mass is 9.89. The van der Waals surface area contributed by atoms with Gasteiger partial charge in [-0.3, -0.25) is 4.79 Å². The van der Waals surface area contributed by atoms with E-state index in [1.165, 1.54) is 5.56 Å². The van der Waals surface area contributed by atoms with Crippen molar-refractivity contribution in [3.05, 3.63) is 65.2 Å². The average molecular weight is 424 g/mol. The minimum absolute atomic E-state index is 0.0685. The number of amides is 3. The summed E-state index contributed by atoms with van der Waals surface area (Å²) in [6.45, 7) is 4.73. The number of hydrogen-bond donors (Lipinski definition) is 2. The molecule has 2 aromatic rings. The Balaban J connectivity index is 1.59. The van der Waals surface area contributed by atoms with Crippen molar-refractivity contribution in [2.24, 2.45) is 0 Å². The molecule has 1 aliphatic heterocycles. The van der Waals surface area contributed by atoms with Crippen LogP contribution in [0.1, 0.15) is 53.6 Å². The number of methoxy groups -OCH3 is 1. The number of anilines is 1. The second kappa shape index (κ2) is 11.5. The highest BCUT2D eigenvalue weighted by Crippen LogP contribution is 2.28. The molecule has 0 aromatic heterocycles. The van der Waals surface area contributed by atoms with E-state index in [0.717, 1.165) is 43.5 Å². The van der Waals surface area contributed by atoms with Gasteiger partial charge in [-0.25, -0.2) is 4.79 Å². The van der Waals surface area contributed by atoms with E-state index in [-0.39, 0.29) is 17.9 Å². The van der Waals surface area contributed by atoms with Crippen molar-refractivity contribution in [3.63, 3.8) is 0 Å². The summed E-state index contributed by atoms with van der Waals surface area (Å²) in [5, 5.41) is 5.94. The van der Waals surface area contributed by atoms with Gasteiger partial charge in [-0.1, -0.05) is 31.2 Å². The molecule has 6 nitrogen and oxygen atoms in total. The highest BCUT2D eigenvalue weighted by molar-refractivity contribution is 5.94. The van der Waals surface area contributed by atoms with Gasteiger partial charge in [0, 0.05) is 50.5 Å². The standard InChI is InChI=1S/C25H33N3O3/c1-3-19-10-12-23(13-11-19)27-25(30)28-15-5-9-22(18-28)20-7-4-8-21(17-20)24(29)26-14-6-16-31-2/h4,7-8,10-13,17,22H,3,5-6,9,14-16,18H2,1-2H3,(H,26,29)(H,27,30)/t22-/m0/s1. The zero-order chi connectivity index (χ0) is 22.1. The van der Waals surface area contributed by atoms with Crippen LogP contribution in [0.25, 0.3) is 0 Å². The molecular formula is C25H33N3O3. The number of ether oxygens (including phenoxy) is 1. The van der Waals surface area contributed by atoms with Crippen LogP contribution in [0.5, 0.6) is 0 Å². The molecule has 31 heavy (non-hydrogen) atoms. The zero-order valence-corrected chi connectivity index (χ0v) is 18.5. The van der Waals surface area contributed by atoms with Crippen LogP contribution in [-0.2, 0) is 11.2 Å². The quantitative estimate of drug-likeness (QED) is 0.617. The van der Waals surface area contributed by atoms with E-state index in [1.54, 1.807) is 7.11 Å². The molecule has 0 aliphatic carbocycles. The predicted octanol–water partition coefficient (Wildman–Crippen LogP) is 4.43. The number of rotatable bonds is 8. The average Bonchev–Trinajstić information content (AvgIpc) is 2.82. The summed E-state index contributed by atoms with van der Waals surface area (Å²) in [5.41, 5.74) is 3.83. The summed E-state index contributed by atoms with van der Waals surface area (Å²) in [5.74, 6) is 0.155. The van der Waals surface area contributed by atoms with Gasteiger partial charge in [0.2, 0.25) is 0 Å². The summed E-state index contributed by atoms with van der Waals surface area (Å²) >= 11 is 0. The number of aryl methyl sites for hydroxylation is 1. The Morgan fingerprint density at radius 1 is 1.16 bits per heavy atom. The number of urea groups is 1. The molecule has 0 spiro atoms. The molecule has 0 bridgehead atoms. The van der Waals surface area contributed by atoms with E-state index in [2.05, 4.69) is 23.6 Å². The van der Waals surface area contributed by atoms with Crippen molar-refractivity contribution >= 4 is 17.6 Å². The first-order valence-electron chi connectivity index (χ1n) is 11.1. The number of nitrogens with zero attached hydrogens (tertiary/aromatic N) is 1. The van der Waals surface area contributed by atoms with E-state index < -0.39 is 0 Å². The van der Waals surface area contributed by atoms with Crippen LogP contribution in [-0.4, -0.2) is 50.2 Å².